The van der Waals surface area contributed by atoms with Crippen LogP contribution in [-0.2, 0) is 15.1 Å². The molecular weight excluding hydrogens is 338 g/mol. The van der Waals surface area contributed by atoms with Crippen LogP contribution in [0.2, 0.25) is 0 Å². The van der Waals surface area contributed by atoms with Crippen LogP contribution in [0.25, 0.3) is 0 Å². The van der Waals surface area contributed by atoms with Gasteiger partial charge in [0, 0.05) is 0 Å². The second-order valence-electron chi connectivity index (χ2n) is 6.14. The second-order valence-corrected chi connectivity index (χ2v) is 6.14. The molecule has 138 valence electrons. The van der Waals surface area contributed by atoms with Gasteiger partial charge >= 0.3 is 5.97 Å². The zero-order valence-electron chi connectivity index (χ0n) is 15.5. The van der Waals surface area contributed by atoms with Crippen LogP contribution in [0, 0.1) is 0 Å². The zero-order valence-corrected chi connectivity index (χ0v) is 15.5. The quantitative estimate of drug-likeness (QED) is 0.514. The lowest BCUT2D eigenvalue weighted by atomic mass is 9.77. The molecule has 0 aliphatic carbocycles. The van der Waals surface area contributed by atoms with Crippen molar-refractivity contribution in [3.63, 3.8) is 0 Å². The van der Waals surface area contributed by atoms with E-state index in [1.165, 1.54) is 7.11 Å². The van der Waals surface area contributed by atoms with Crippen molar-refractivity contribution in [1.29, 1.82) is 0 Å². The number of hydrogen-bond donors (Lipinski definition) is 1. The van der Waals surface area contributed by atoms with Crippen molar-refractivity contribution in [3.8, 4) is 5.75 Å². The average Bonchev–Trinajstić information content (AvgIpc) is 2.76. The monoisotopic (exact) mass is 361 g/mol. The molecule has 0 radical (unpaired) electrons. The lowest BCUT2D eigenvalue weighted by Gasteiger charge is -2.36. The van der Waals surface area contributed by atoms with E-state index in [1.807, 2.05) is 60.7 Å². The molecule has 0 fully saturated rings. The van der Waals surface area contributed by atoms with Crippen molar-refractivity contribution in [1.82, 2.24) is 5.32 Å². The third kappa shape index (κ3) is 3.86. The predicted molar refractivity (Wildman–Crippen MR) is 106 cm³/mol. The average molecular weight is 361 g/mol. The molecular formula is C23H23NO3. The minimum atomic E-state index is -0.705. The van der Waals surface area contributed by atoms with Crippen LogP contribution < -0.4 is 10.1 Å². The normalized spacial score (nSPS) is 11.0. The van der Waals surface area contributed by atoms with E-state index in [1.54, 1.807) is 7.11 Å². The maximum atomic E-state index is 11.9. The lowest BCUT2D eigenvalue weighted by molar-refractivity contribution is -0.139. The van der Waals surface area contributed by atoms with Gasteiger partial charge in [-0.2, -0.15) is 0 Å². The Balaban J connectivity index is 2.21. The molecule has 0 aromatic heterocycles. The summed E-state index contributed by atoms with van der Waals surface area (Å²) in [4.78, 5) is 11.9. The Hall–Kier alpha value is -3.11. The van der Waals surface area contributed by atoms with Crippen LogP contribution in [-0.4, -0.2) is 26.7 Å². The Morgan fingerprint density at radius 3 is 1.70 bits per heavy atom. The van der Waals surface area contributed by atoms with E-state index in [0.29, 0.717) is 0 Å². The summed E-state index contributed by atoms with van der Waals surface area (Å²) in [7, 11) is 3.04. The van der Waals surface area contributed by atoms with Gasteiger partial charge in [0.1, 0.15) is 5.75 Å². The number of rotatable bonds is 7. The van der Waals surface area contributed by atoms with Gasteiger partial charge in [-0.15, -0.1) is 0 Å². The van der Waals surface area contributed by atoms with E-state index in [-0.39, 0.29) is 12.5 Å². The standard InChI is InChI=1S/C23H23NO3/c1-26-21-15-13-20(14-16-21)23(24-17-22(25)27-2,18-9-5-3-6-10-18)19-11-7-4-8-12-19/h3-16,24H,17H2,1-2H3. The van der Waals surface area contributed by atoms with Crippen molar-refractivity contribution >= 4 is 5.97 Å². The van der Waals surface area contributed by atoms with Crippen molar-refractivity contribution in [2.24, 2.45) is 0 Å². The summed E-state index contributed by atoms with van der Waals surface area (Å²) < 4.78 is 10.2. The first-order chi connectivity index (χ1) is 13.2. The van der Waals surface area contributed by atoms with Gasteiger partial charge in [0.05, 0.1) is 26.3 Å². The summed E-state index contributed by atoms with van der Waals surface area (Å²) in [5.74, 6) is 0.460. The van der Waals surface area contributed by atoms with Crippen LogP contribution in [0.5, 0.6) is 5.75 Å². The fourth-order valence-electron chi connectivity index (χ4n) is 3.30. The molecule has 0 aliphatic heterocycles. The van der Waals surface area contributed by atoms with Crippen LogP contribution >= 0.6 is 0 Å². The third-order valence-corrected chi connectivity index (χ3v) is 4.66. The van der Waals surface area contributed by atoms with Gasteiger partial charge in [0.15, 0.2) is 0 Å². The molecule has 0 heterocycles. The highest BCUT2D eigenvalue weighted by Crippen LogP contribution is 2.37. The minimum absolute atomic E-state index is 0.0757. The molecule has 3 rings (SSSR count). The topological polar surface area (TPSA) is 47.6 Å². The van der Waals surface area contributed by atoms with E-state index in [2.05, 4.69) is 29.6 Å². The number of nitrogens with one attached hydrogen (secondary N) is 1. The van der Waals surface area contributed by atoms with Gasteiger partial charge in [-0.1, -0.05) is 72.8 Å². The van der Waals surface area contributed by atoms with Crippen molar-refractivity contribution in [3.05, 3.63) is 102 Å². The highest BCUT2D eigenvalue weighted by molar-refractivity contribution is 5.72. The van der Waals surface area contributed by atoms with Gasteiger partial charge in [0.25, 0.3) is 0 Å². The first-order valence-corrected chi connectivity index (χ1v) is 8.78. The number of hydrogen-bond acceptors (Lipinski definition) is 4. The molecule has 1 N–H and O–H groups in total. The van der Waals surface area contributed by atoms with E-state index in [0.717, 1.165) is 22.4 Å². The highest BCUT2D eigenvalue weighted by atomic mass is 16.5. The number of carbonyl (C=O) groups excluding carboxylic acids is 1. The van der Waals surface area contributed by atoms with Crippen LogP contribution in [0.3, 0.4) is 0 Å². The lowest BCUT2D eigenvalue weighted by Crippen LogP contribution is -2.47. The molecule has 0 atom stereocenters. The Labute approximate surface area is 159 Å². The molecule has 0 saturated heterocycles. The smallest absolute Gasteiger partial charge is 0.319 e. The highest BCUT2D eigenvalue weighted by Gasteiger charge is 2.36. The maximum absolute atomic E-state index is 11.9. The first kappa shape index (κ1) is 18.7. The molecule has 0 saturated carbocycles. The molecule has 3 aromatic rings. The van der Waals surface area contributed by atoms with E-state index < -0.39 is 5.54 Å². The number of methoxy groups -OCH3 is 2. The summed E-state index contributed by atoms with van der Waals surface area (Å²) >= 11 is 0. The fourth-order valence-corrected chi connectivity index (χ4v) is 3.30. The van der Waals surface area contributed by atoms with E-state index in [9.17, 15) is 4.79 Å². The molecule has 0 unspecified atom stereocenters. The Kier molecular flexibility index (Phi) is 5.89. The molecule has 4 heteroatoms. The second kappa shape index (κ2) is 8.52. The Morgan fingerprint density at radius 1 is 0.778 bits per heavy atom. The van der Waals surface area contributed by atoms with Gasteiger partial charge in [-0.05, 0) is 28.8 Å². The summed E-state index contributed by atoms with van der Waals surface area (Å²) in [6, 6.07) is 28.1. The molecule has 0 bridgehead atoms. The van der Waals surface area contributed by atoms with Gasteiger partial charge < -0.3 is 9.47 Å². The van der Waals surface area contributed by atoms with Crippen LogP contribution in [0.15, 0.2) is 84.9 Å². The molecule has 3 aromatic carbocycles. The Bertz CT molecular complexity index is 822. The largest absolute Gasteiger partial charge is 0.497 e. The van der Waals surface area contributed by atoms with Gasteiger partial charge in [-0.3, -0.25) is 10.1 Å². The summed E-state index contributed by atoms with van der Waals surface area (Å²) in [5, 5.41) is 3.45. The third-order valence-electron chi connectivity index (χ3n) is 4.66. The van der Waals surface area contributed by atoms with E-state index >= 15 is 0 Å². The Morgan fingerprint density at radius 2 is 1.26 bits per heavy atom. The SMILES string of the molecule is COC(=O)CNC(c1ccccc1)(c1ccccc1)c1ccc(OC)cc1. The summed E-state index contributed by atoms with van der Waals surface area (Å²) in [5.41, 5.74) is 2.36. The molecule has 4 nitrogen and oxygen atoms in total. The van der Waals surface area contributed by atoms with Crippen molar-refractivity contribution in [2.75, 3.05) is 20.8 Å². The molecule has 27 heavy (non-hydrogen) atoms. The van der Waals surface area contributed by atoms with Crippen LogP contribution in [0.1, 0.15) is 16.7 Å². The first-order valence-electron chi connectivity index (χ1n) is 8.78. The summed E-state index contributed by atoms with van der Waals surface area (Å²) in [6.45, 7) is 0.0757. The van der Waals surface area contributed by atoms with E-state index in [4.69, 9.17) is 9.47 Å². The molecule has 0 spiro atoms. The molecule has 0 aliphatic rings. The minimum Gasteiger partial charge on any atom is -0.497 e. The summed E-state index contributed by atoms with van der Waals surface area (Å²) in [6.07, 6.45) is 0. The van der Waals surface area contributed by atoms with Crippen molar-refractivity contribution in [2.45, 2.75) is 5.54 Å². The predicted octanol–water partition coefficient (Wildman–Crippen LogP) is 3.75. The fraction of sp³-hybridized carbons (Fsp3) is 0.174. The molecule has 0 amide bonds. The number of carbonyl (C=O) groups is 1. The van der Waals surface area contributed by atoms with Gasteiger partial charge in [-0.25, -0.2) is 0 Å². The van der Waals surface area contributed by atoms with Crippen molar-refractivity contribution < 1.29 is 14.3 Å². The van der Waals surface area contributed by atoms with Crippen LogP contribution in [0.4, 0.5) is 0 Å². The zero-order chi connectivity index (χ0) is 19.1. The number of esters is 1. The van der Waals surface area contributed by atoms with Gasteiger partial charge in [0.2, 0.25) is 0 Å². The maximum Gasteiger partial charge on any atom is 0.319 e. The number of benzene rings is 3. The number of ether oxygens (including phenoxy) is 2.